The van der Waals surface area contributed by atoms with Crippen LogP contribution in [0.1, 0.15) is 22.4 Å². The number of aromatic amines is 1. The van der Waals surface area contributed by atoms with E-state index in [1.807, 2.05) is 61.5 Å². The highest BCUT2D eigenvalue weighted by atomic mass is 16.7. The number of hydrogen-bond acceptors (Lipinski definition) is 6. The summed E-state index contributed by atoms with van der Waals surface area (Å²) in [5.41, 5.74) is 5.00. The fourth-order valence-electron chi connectivity index (χ4n) is 5.08. The molecule has 1 fully saturated rings. The molecule has 1 saturated heterocycles. The van der Waals surface area contributed by atoms with Crippen molar-refractivity contribution < 1.29 is 14.2 Å². The molecule has 2 aliphatic heterocycles. The van der Waals surface area contributed by atoms with Gasteiger partial charge in [-0.15, -0.1) is 0 Å². The van der Waals surface area contributed by atoms with Crippen LogP contribution in [0.3, 0.4) is 0 Å². The fraction of sp³-hybridized carbons (Fsp3) is 0.300. The van der Waals surface area contributed by atoms with Gasteiger partial charge in [0.25, 0.3) is 0 Å². The SMILES string of the molecule is Cc1[nH]c2ccc(OCc3ccccc3)cc2c(=O)c1CN1CCN(Cc2ccc3c(c2)OCO3)CC1. The van der Waals surface area contributed by atoms with Crippen LogP contribution in [0.2, 0.25) is 0 Å². The van der Waals surface area contributed by atoms with Gasteiger partial charge in [-0.3, -0.25) is 14.6 Å². The Balaban J connectivity index is 1.11. The van der Waals surface area contributed by atoms with Crippen LogP contribution in [0.5, 0.6) is 17.2 Å². The quantitative estimate of drug-likeness (QED) is 0.407. The molecule has 7 heteroatoms. The van der Waals surface area contributed by atoms with Gasteiger partial charge in [0.05, 0.1) is 0 Å². The minimum atomic E-state index is 0.0826. The highest BCUT2D eigenvalue weighted by Gasteiger charge is 2.21. The van der Waals surface area contributed by atoms with Crippen molar-refractivity contribution in [3.63, 3.8) is 0 Å². The van der Waals surface area contributed by atoms with Gasteiger partial charge in [0.1, 0.15) is 12.4 Å². The Hall–Kier alpha value is -3.81. The average Bonchev–Trinajstić information content (AvgIpc) is 3.40. The van der Waals surface area contributed by atoms with E-state index in [4.69, 9.17) is 14.2 Å². The maximum absolute atomic E-state index is 13.5. The molecule has 0 spiro atoms. The Bertz CT molecular complexity index is 1460. The van der Waals surface area contributed by atoms with Crippen LogP contribution in [0.15, 0.2) is 71.5 Å². The number of nitrogens with zero attached hydrogens (tertiary/aromatic N) is 2. The Labute approximate surface area is 216 Å². The Morgan fingerprint density at radius 3 is 2.41 bits per heavy atom. The second-order valence-corrected chi connectivity index (χ2v) is 9.78. The molecule has 0 unspecified atom stereocenters. The van der Waals surface area contributed by atoms with Gasteiger partial charge in [0.2, 0.25) is 6.79 Å². The molecule has 2 aliphatic rings. The summed E-state index contributed by atoms with van der Waals surface area (Å²) in [4.78, 5) is 21.8. The number of nitrogens with one attached hydrogen (secondary N) is 1. The largest absolute Gasteiger partial charge is 0.489 e. The summed E-state index contributed by atoms with van der Waals surface area (Å²) < 4.78 is 16.9. The van der Waals surface area contributed by atoms with Crippen molar-refractivity contribution in [2.75, 3.05) is 33.0 Å². The van der Waals surface area contributed by atoms with E-state index in [-0.39, 0.29) is 5.43 Å². The maximum atomic E-state index is 13.5. The first-order valence-corrected chi connectivity index (χ1v) is 12.8. The van der Waals surface area contributed by atoms with Crippen molar-refractivity contribution in [1.82, 2.24) is 14.8 Å². The van der Waals surface area contributed by atoms with Crippen molar-refractivity contribution in [3.8, 4) is 17.2 Å². The number of aryl methyl sites for hydroxylation is 1. The lowest BCUT2D eigenvalue weighted by molar-refractivity contribution is 0.121. The summed E-state index contributed by atoms with van der Waals surface area (Å²) in [5.74, 6) is 2.35. The predicted octanol–water partition coefficient (Wildman–Crippen LogP) is 4.46. The lowest BCUT2D eigenvalue weighted by Gasteiger charge is -2.34. The lowest BCUT2D eigenvalue weighted by Crippen LogP contribution is -2.46. The lowest BCUT2D eigenvalue weighted by atomic mass is 10.1. The highest BCUT2D eigenvalue weighted by Crippen LogP contribution is 2.33. The molecule has 1 aromatic heterocycles. The number of pyridine rings is 1. The van der Waals surface area contributed by atoms with E-state index < -0.39 is 0 Å². The van der Waals surface area contributed by atoms with E-state index in [2.05, 4.69) is 26.9 Å². The van der Waals surface area contributed by atoms with Crippen LogP contribution in [0.25, 0.3) is 10.9 Å². The van der Waals surface area contributed by atoms with Crippen LogP contribution in [0, 0.1) is 6.92 Å². The van der Waals surface area contributed by atoms with E-state index >= 15 is 0 Å². The molecule has 0 amide bonds. The van der Waals surface area contributed by atoms with E-state index in [1.54, 1.807) is 0 Å². The molecule has 1 N–H and O–H groups in total. The van der Waals surface area contributed by atoms with Gasteiger partial charge in [-0.05, 0) is 48.4 Å². The topological polar surface area (TPSA) is 67.0 Å². The summed E-state index contributed by atoms with van der Waals surface area (Å²) in [6.45, 7) is 8.03. The molecular formula is C30H31N3O4. The van der Waals surface area contributed by atoms with Gasteiger partial charge in [-0.1, -0.05) is 36.4 Å². The number of aromatic nitrogens is 1. The van der Waals surface area contributed by atoms with Gasteiger partial charge < -0.3 is 19.2 Å². The Kier molecular flexibility index (Phi) is 6.55. The van der Waals surface area contributed by atoms with Gasteiger partial charge in [-0.25, -0.2) is 0 Å². The van der Waals surface area contributed by atoms with Gasteiger partial charge >= 0.3 is 0 Å². The number of H-pyrrole nitrogens is 1. The van der Waals surface area contributed by atoms with Crippen LogP contribution in [-0.2, 0) is 19.7 Å². The van der Waals surface area contributed by atoms with Gasteiger partial charge in [0, 0.05) is 61.4 Å². The molecule has 6 rings (SSSR count). The highest BCUT2D eigenvalue weighted by molar-refractivity contribution is 5.81. The molecule has 0 atom stereocenters. The maximum Gasteiger partial charge on any atom is 0.231 e. The first-order valence-electron chi connectivity index (χ1n) is 12.8. The van der Waals surface area contributed by atoms with Crippen LogP contribution >= 0.6 is 0 Å². The van der Waals surface area contributed by atoms with Gasteiger partial charge in [-0.2, -0.15) is 0 Å². The molecule has 0 saturated carbocycles. The fourth-order valence-corrected chi connectivity index (χ4v) is 5.08. The smallest absolute Gasteiger partial charge is 0.231 e. The van der Waals surface area contributed by atoms with Crippen molar-refractivity contribution in [1.29, 1.82) is 0 Å². The summed E-state index contributed by atoms with van der Waals surface area (Å²) in [5, 5.41) is 0.674. The zero-order chi connectivity index (χ0) is 25.2. The standard InChI is InChI=1S/C30H31N3O4/c1-21-26(18-33-13-11-32(12-14-33)17-23-7-10-28-29(15-23)37-20-36-28)30(34)25-16-24(8-9-27(25)31-21)35-19-22-5-3-2-4-6-22/h2-10,15-16H,11-14,17-20H2,1H3,(H,31,34). The number of hydrogen-bond donors (Lipinski definition) is 1. The van der Waals surface area contributed by atoms with Crippen molar-refractivity contribution >= 4 is 10.9 Å². The van der Waals surface area contributed by atoms with Gasteiger partial charge in [0.15, 0.2) is 16.9 Å². The van der Waals surface area contributed by atoms with E-state index in [0.29, 0.717) is 31.1 Å². The van der Waals surface area contributed by atoms with Crippen molar-refractivity contribution in [2.45, 2.75) is 26.6 Å². The predicted molar refractivity (Wildman–Crippen MR) is 143 cm³/mol. The molecule has 0 radical (unpaired) electrons. The number of piperazine rings is 1. The molecule has 37 heavy (non-hydrogen) atoms. The zero-order valence-electron chi connectivity index (χ0n) is 21.0. The third-order valence-electron chi connectivity index (χ3n) is 7.22. The van der Waals surface area contributed by atoms with E-state index in [1.165, 1.54) is 5.56 Å². The van der Waals surface area contributed by atoms with Crippen molar-refractivity contribution in [3.05, 3.63) is 99.3 Å². The Morgan fingerprint density at radius 2 is 1.59 bits per heavy atom. The minimum absolute atomic E-state index is 0.0826. The minimum Gasteiger partial charge on any atom is -0.489 e. The third-order valence-corrected chi connectivity index (χ3v) is 7.22. The summed E-state index contributed by atoms with van der Waals surface area (Å²) in [6, 6.07) is 21.9. The monoisotopic (exact) mass is 497 g/mol. The first-order chi connectivity index (χ1) is 18.1. The Morgan fingerprint density at radius 1 is 0.838 bits per heavy atom. The molecule has 3 aromatic carbocycles. The second-order valence-electron chi connectivity index (χ2n) is 9.78. The summed E-state index contributed by atoms with van der Waals surface area (Å²) in [7, 11) is 0. The molecule has 0 bridgehead atoms. The van der Waals surface area contributed by atoms with Crippen molar-refractivity contribution in [2.24, 2.45) is 0 Å². The molecule has 190 valence electrons. The van der Waals surface area contributed by atoms with Crippen LogP contribution in [0.4, 0.5) is 0 Å². The number of benzene rings is 3. The number of ether oxygens (including phenoxy) is 3. The molecular weight excluding hydrogens is 466 g/mol. The zero-order valence-corrected chi connectivity index (χ0v) is 21.0. The molecule has 4 aromatic rings. The molecule has 3 heterocycles. The molecule has 0 aliphatic carbocycles. The van der Waals surface area contributed by atoms with E-state index in [9.17, 15) is 4.79 Å². The average molecular weight is 498 g/mol. The summed E-state index contributed by atoms with van der Waals surface area (Å²) in [6.07, 6.45) is 0. The molecule has 7 nitrogen and oxygen atoms in total. The normalized spacial score (nSPS) is 15.8. The van der Waals surface area contributed by atoms with Crippen LogP contribution in [-0.4, -0.2) is 47.8 Å². The summed E-state index contributed by atoms with van der Waals surface area (Å²) >= 11 is 0. The van der Waals surface area contributed by atoms with E-state index in [0.717, 1.165) is 66.6 Å². The third kappa shape index (κ3) is 5.19. The second kappa shape index (κ2) is 10.3. The number of fused-ring (bicyclic) bond motifs is 2. The van der Waals surface area contributed by atoms with Crippen LogP contribution < -0.4 is 19.6 Å². The first kappa shape index (κ1) is 23.6. The number of rotatable bonds is 7.